The van der Waals surface area contributed by atoms with Crippen LogP contribution in [0.25, 0.3) is 0 Å². The van der Waals surface area contributed by atoms with Crippen molar-refractivity contribution in [2.24, 2.45) is 11.8 Å². The van der Waals surface area contributed by atoms with Crippen LogP contribution in [0.2, 0.25) is 5.02 Å². The van der Waals surface area contributed by atoms with E-state index >= 15 is 0 Å². The molecule has 1 aliphatic carbocycles. The molecular weight excluding hydrogens is 519 g/mol. The average molecular weight is 537 g/mol. The van der Waals surface area contributed by atoms with E-state index in [1.807, 2.05) is 0 Å². The zero-order chi connectivity index (χ0) is 20.4. The van der Waals surface area contributed by atoms with Crippen molar-refractivity contribution < 1.29 is 23.9 Å². The first-order valence-corrected chi connectivity index (χ1v) is 10.8. The Kier molecular flexibility index (Phi) is 6.77. The van der Waals surface area contributed by atoms with Gasteiger partial charge in [-0.2, -0.15) is 0 Å². The SMILES string of the molecule is O=C(COC(=O)CN1C(=O)[C@H]2C[C@@H](Br)[C@@H](Br)C[C@H]2C1=O)Nc1ccccc1Cl. The third kappa shape index (κ3) is 4.58. The summed E-state index contributed by atoms with van der Waals surface area (Å²) in [4.78, 5) is 50.1. The fourth-order valence-electron chi connectivity index (χ4n) is 3.39. The van der Waals surface area contributed by atoms with E-state index in [-0.39, 0.29) is 21.5 Å². The zero-order valence-electron chi connectivity index (χ0n) is 14.6. The molecule has 1 saturated heterocycles. The van der Waals surface area contributed by atoms with Crippen LogP contribution in [0.5, 0.6) is 0 Å². The van der Waals surface area contributed by atoms with E-state index in [2.05, 4.69) is 37.2 Å². The topological polar surface area (TPSA) is 92.8 Å². The molecule has 3 amide bonds. The summed E-state index contributed by atoms with van der Waals surface area (Å²) in [6.07, 6.45) is 1.05. The van der Waals surface area contributed by atoms with Gasteiger partial charge in [0.25, 0.3) is 5.91 Å². The Bertz CT molecular complexity index is 793. The molecule has 0 aromatic heterocycles. The molecule has 150 valence electrons. The minimum absolute atomic E-state index is 0.0888. The molecule has 1 aromatic rings. The number of para-hydroxylation sites is 1. The number of nitrogens with one attached hydrogen (secondary N) is 1. The molecule has 1 aliphatic heterocycles. The van der Waals surface area contributed by atoms with Crippen LogP contribution in [-0.2, 0) is 23.9 Å². The van der Waals surface area contributed by atoms with Crippen molar-refractivity contribution in [1.29, 1.82) is 0 Å². The van der Waals surface area contributed by atoms with Gasteiger partial charge in [-0.25, -0.2) is 0 Å². The Morgan fingerprint density at radius 3 is 2.25 bits per heavy atom. The Labute approximate surface area is 183 Å². The minimum Gasteiger partial charge on any atom is -0.454 e. The number of hydrogen-bond acceptors (Lipinski definition) is 5. The first kappa shape index (κ1) is 21.3. The van der Waals surface area contributed by atoms with Crippen LogP contribution in [0.15, 0.2) is 24.3 Å². The maximum atomic E-state index is 12.5. The van der Waals surface area contributed by atoms with E-state index in [4.69, 9.17) is 16.3 Å². The molecule has 28 heavy (non-hydrogen) atoms. The molecular formula is C18H17Br2ClN2O5. The lowest BCUT2D eigenvalue weighted by Crippen LogP contribution is -2.37. The number of alkyl halides is 2. The number of hydrogen-bond donors (Lipinski definition) is 1. The van der Waals surface area contributed by atoms with E-state index in [0.717, 1.165) is 4.90 Å². The molecule has 0 unspecified atom stereocenters. The second-order valence-electron chi connectivity index (χ2n) is 6.67. The molecule has 4 atom stereocenters. The third-order valence-corrected chi connectivity index (χ3v) is 7.87. The first-order valence-electron chi connectivity index (χ1n) is 8.61. The van der Waals surface area contributed by atoms with E-state index < -0.39 is 36.9 Å². The summed E-state index contributed by atoms with van der Waals surface area (Å²) in [6.45, 7) is -1.04. The second kappa shape index (κ2) is 8.92. The normalized spacial score (nSPS) is 26.8. The molecule has 1 N–H and O–H groups in total. The molecule has 1 saturated carbocycles. The number of carbonyl (C=O) groups is 4. The number of esters is 1. The van der Waals surface area contributed by atoms with Gasteiger partial charge in [-0.3, -0.25) is 24.1 Å². The number of fused-ring (bicyclic) bond motifs is 1. The van der Waals surface area contributed by atoms with Gasteiger partial charge in [0, 0.05) is 9.65 Å². The molecule has 0 spiro atoms. The van der Waals surface area contributed by atoms with E-state index in [9.17, 15) is 19.2 Å². The number of likely N-dealkylation sites (tertiary alicyclic amines) is 1. The van der Waals surface area contributed by atoms with Crippen molar-refractivity contribution in [2.45, 2.75) is 22.5 Å². The highest BCUT2D eigenvalue weighted by Crippen LogP contribution is 2.43. The van der Waals surface area contributed by atoms with Gasteiger partial charge in [-0.15, -0.1) is 0 Å². The van der Waals surface area contributed by atoms with Gasteiger partial charge in [0.05, 0.1) is 22.5 Å². The number of ether oxygens (including phenoxy) is 1. The minimum atomic E-state index is -0.819. The van der Waals surface area contributed by atoms with E-state index in [1.165, 1.54) is 0 Å². The summed E-state index contributed by atoms with van der Waals surface area (Å²) < 4.78 is 4.91. The van der Waals surface area contributed by atoms with Crippen molar-refractivity contribution in [3.63, 3.8) is 0 Å². The molecule has 1 aromatic carbocycles. The lowest BCUT2D eigenvalue weighted by atomic mass is 9.81. The Hall–Kier alpha value is -1.45. The van der Waals surface area contributed by atoms with Crippen LogP contribution in [0, 0.1) is 11.8 Å². The number of carbonyl (C=O) groups excluding carboxylic acids is 4. The summed E-state index contributed by atoms with van der Waals surface area (Å²) in [5.74, 6) is -2.98. The standard InChI is InChI=1S/C18H17Br2ClN2O5/c19-11-5-9-10(6-12(11)20)18(27)23(17(9)26)7-16(25)28-8-15(24)22-14-4-2-1-3-13(14)21/h1-4,9-12H,5-8H2,(H,22,24)/t9-,10+,11+,12-. The predicted octanol–water partition coefficient (Wildman–Crippen LogP) is 2.74. The van der Waals surface area contributed by atoms with E-state index in [1.54, 1.807) is 24.3 Å². The van der Waals surface area contributed by atoms with Gasteiger partial charge in [0.2, 0.25) is 11.8 Å². The van der Waals surface area contributed by atoms with Crippen molar-refractivity contribution in [2.75, 3.05) is 18.5 Å². The highest BCUT2D eigenvalue weighted by Gasteiger charge is 2.52. The predicted molar refractivity (Wildman–Crippen MR) is 109 cm³/mol. The van der Waals surface area contributed by atoms with Gasteiger partial charge in [-0.05, 0) is 25.0 Å². The summed E-state index contributed by atoms with van der Waals surface area (Å²) in [6, 6.07) is 6.64. The highest BCUT2D eigenvalue weighted by atomic mass is 79.9. The summed E-state index contributed by atoms with van der Waals surface area (Å²) >= 11 is 13.0. The highest BCUT2D eigenvalue weighted by molar-refractivity contribution is 9.12. The van der Waals surface area contributed by atoms with Gasteiger partial charge in [-0.1, -0.05) is 55.6 Å². The molecule has 2 fully saturated rings. The van der Waals surface area contributed by atoms with Crippen molar-refractivity contribution >= 4 is 72.8 Å². The third-order valence-electron chi connectivity index (χ3n) is 4.80. The molecule has 7 nitrogen and oxygen atoms in total. The molecule has 10 heteroatoms. The van der Waals surface area contributed by atoms with Crippen LogP contribution in [0.3, 0.4) is 0 Å². The van der Waals surface area contributed by atoms with Crippen molar-refractivity contribution in [3.05, 3.63) is 29.3 Å². The Balaban J connectivity index is 1.52. The number of amides is 3. The molecule has 3 rings (SSSR count). The lowest BCUT2D eigenvalue weighted by molar-refractivity contribution is -0.154. The number of rotatable bonds is 5. The zero-order valence-corrected chi connectivity index (χ0v) is 18.5. The number of nitrogens with zero attached hydrogens (tertiary/aromatic N) is 1. The average Bonchev–Trinajstić information content (AvgIpc) is 2.87. The number of imide groups is 1. The van der Waals surface area contributed by atoms with Gasteiger partial charge >= 0.3 is 5.97 Å². The van der Waals surface area contributed by atoms with Crippen LogP contribution >= 0.6 is 43.5 Å². The fourth-order valence-corrected chi connectivity index (χ4v) is 4.81. The summed E-state index contributed by atoms with van der Waals surface area (Å²) in [5.41, 5.74) is 0.396. The van der Waals surface area contributed by atoms with Gasteiger partial charge < -0.3 is 10.1 Å². The smallest absolute Gasteiger partial charge is 0.326 e. The van der Waals surface area contributed by atoms with Crippen LogP contribution in [0.4, 0.5) is 5.69 Å². The largest absolute Gasteiger partial charge is 0.454 e. The number of halogens is 3. The number of benzene rings is 1. The van der Waals surface area contributed by atoms with Gasteiger partial charge in [0.15, 0.2) is 6.61 Å². The van der Waals surface area contributed by atoms with Crippen molar-refractivity contribution in [1.82, 2.24) is 4.90 Å². The van der Waals surface area contributed by atoms with Gasteiger partial charge in [0.1, 0.15) is 6.54 Å². The quantitative estimate of drug-likeness (QED) is 0.355. The van der Waals surface area contributed by atoms with Crippen molar-refractivity contribution in [3.8, 4) is 0 Å². The van der Waals surface area contributed by atoms with E-state index in [0.29, 0.717) is 23.6 Å². The molecule has 0 bridgehead atoms. The first-order chi connectivity index (χ1) is 13.3. The lowest BCUT2D eigenvalue weighted by Gasteiger charge is -2.29. The number of anilines is 1. The monoisotopic (exact) mass is 534 g/mol. The molecule has 1 heterocycles. The fraction of sp³-hybridized carbons (Fsp3) is 0.444. The van der Waals surface area contributed by atoms with Crippen LogP contribution < -0.4 is 5.32 Å². The maximum absolute atomic E-state index is 12.5. The maximum Gasteiger partial charge on any atom is 0.326 e. The Morgan fingerprint density at radius 2 is 1.68 bits per heavy atom. The Morgan fingerprint density at radius 1 is 1.11 bits per heavy atom. The molecule has 2 aliphatic rings. The summed E-state index contributed by atoms with van der Waals surface area (Å²) in [5, 5.41) is 2.88. The molecule has 0 radical (unpaired) electrons. The summed E-state index contributed by atoms with van der Waals surface area (Å²) in [7, 11) is 0. The van der Waals surface area contributed by atoms with Crippen LogP contribution in [0.1, 0.15) is 12.8 Å². The van der Waals surface area contributed by atoms with Crippen LogP contribution in [-0.4, -0.2) is 51.4 Å². The second-order valence-corrected chi connectivity index (χ2v) is 9.43.